The van der Waals surface area contributed by atoms with Crippen LogP contribution in [0.2, 0.25) is 0 Å². The number of rotatable bonds is 4. The van der Waals surface area contributed by atoms with E-state index in [9.17, 15) is 9.59 Å². The molecule has 1 rings (SSSR count). The summed E-state index contributed by atoms with van der Waals surface area (Å²) in [6, 6.07) is 6.65. The van der Waals surface area contributed by atoms with Gasteiger partial charge in [-0.05, 0) is 23.1 Å². The zero-order chi connectivity index (χ0) is 16.2. The maximum atomic E-state index is 12.3. The average Bonchev–Trinajstić information content (AvgIpc) is 2.44. The summed E-state index contributed by atoms with van der Waals surface area (Å²) in [6.45, 7) is 6.31. The van der Waals surface area contributed by atoms with E-state index in [0.717, 1.165) is 5.56 Å². The van der Waals surface area contributed by atoms with Gasteiger partial charge in [0.05, 0.1) is 6.04 Å². The van der Waals surface area contributed by atoms with E-state index in [1.54, 1.807) is 31.1 Å². The maximum absolute atomic E-state index is 12.3. The summed E-state index contributed by atoms with van der Waals surface area (Å²) in [4.78, 5) is 25.3. The second-order valence-electron chi connectivity index (χ2n) is 6.31. The van der Waals surface area contributed by atoms with Crippen molar-refractivity contribution in [2.24, 2.45) is 11.1 Å². The van der Waals surface area contributed by atoms with Gasteiger partial charge < -0.3 is 16.0 Å². The minimum absolute atomic E-state index is 0.0853. The molecule has 0 radical (unpaired) electrons. The van der Waals surface area contributed by atoms with Gasteiger partial charge >= 0.3 is 0 Å². The van der Waals surface area contributed by atoms with Crippen LogP contribution in [0.15, 0.2) is 24.3 Å². The monoisotopic (exact) mass is 291 g/mol. The van der Waals surface area contributed by atoms with Gasteiger partial charge in [-0.3, -0.25) is 9.59 Å². The molecular weight excluding hydrogens is 266 g/mol. The van der Waals surface area contributed by atoms with Gasteiger partial charge in [-0.1, -0.05) is 32.9 Å². The Morgan fingerprint density at radius 1 is 1.24 bits per heavy atom. The molecule has 1 aromatic rings. The molecule has 0 heterocycles. The van der Waals surface area contributed by atoms with Gasteiger partial charge in [0.15, 0.2) is 0 Å². The fourth-order valence-electron chi connectivity index (χ4n) is 1.87. The Bertz CT molecular complexity index is 503. The molecule has 0 aromatic heterocycles. The summed E-state index contributed by atoms with van der Waals surface area (Å²) in [5.41, 5.74) is 7.27. The summed E-state index contributed by atoms with van der Waals surface area (Å²) in [5, 5.41) is 2.57. The first-order chi connectivity index (χ1) is 9.66. The van der Waals surface area contributed by atoms with Crippen molar-refractivity contribution in [2.75, 3.05) is 14.1 Å². The van der Waals surface area contributed by atoms with E-state index in [1.807, 2.05) is 32.9 Å². The normalized spacial score (nSPS) is 12.7. The van der Waals surface area contributed by atoms with Crippen LogP contribution in [0.4, 0.5) is 0 Å². The highest BCUT2D eigenvalue weighted by Crippen LogP contribution is 2.19. The van der Waals surface area contributed by atoms with Crippen molar-refractivity contribution in [3.63, 3.8) is 0 Å². The topological polar surface area (TPSA) is 75.4 Å². The molecule has 0 aliphatic heterocycles. The molecule has 21 heavy (non-hydrogen) atoms. The summed E-state index contributed by atoms with van der Waals surface area (Å²) in [7, 11) is 3.33. The Balaban J connectivity index is 2.73. The number of benzene rings is 1. The number of carbonyl (C=O) groups excluding carboxylic acids is 2. The Morgan fingerprint density at radius 2 is 1.76 bits per heavy atom. The largest absolute Gasteiger partial charge is 0.355 e. The number of nitrogens with two attached hydrogens (primary N) is 1. The third-order valence-corrected chi connectivity index (χ3v) is 3.44. The van der Waals surface area contributed by atoms with Gasteiger partial charge in [-0.2, -0.15) is 0 Å². The third kappa shape index (κ3) is 4.56. The highest BCUT2D eigenvalue weighted by atomic mass is 16.2. The predicted molar refractivity (Wildman–Crippen MR) is 83.7 cm³/mol. The zero-order valence-electron chi connectivity index (χ0n) is 13.4. The fourth-order valence-corrected chi connectivity index (χ4v) is 1.87. The van der Waals surface area contributed by atoms with Crippen molar-refractivity contribution in [1.82, 2.24) is 10.2 Å². The van der Waals surface area contributed by atoms with Crippen LogP contribution in [0.1, 0.15) is 36.7 Å². The van der Waals surface area contributed by atoms with Gasteiger partial charge in [0.2, 0.25) is 5.91 Å². The van der Waals surface area contributed by atoms with Crippen LogP contribution < -0.4 is 11.1 Å². The molecule has 3 N–H and O–H groups in total. The first kappa shape index (κ1) is 17.2. The average molecular weight is 291 g/mol. The SMILES string of the molecule is CNC(=O)c1ccc(CN(C)C(=O)[C@@H](N)C(C)(C)C)cc1. The zero-order valence-corrected chi connectivity index (χ0v) is 13.4. The number of amides is 2. The van der Waals surface area contributed by atoms with Crippen LogP contribution in [0.25, 0.3) is 0 Å². The van der Waals surface area contributed by atoms with Crippen LogP contribution in [0, 0.1) is 5.41 Å². The number of nitrogens with one attached hydrogen (secondary N) is 1. The molecule has 0 bridgehead atoms. The van der Waals surface area contributed by atoms with E-state index < -0.39 is 6.04 Å². The van der Waals surface area contributed by atoms with E-state index in [-0.39, 0.29) is 17.2 Å². The number of hydrogen-bond donors (Lipinski definition) is 2. The van der Waals surface area contributed by atoms with E-state index in [1.165, 1.54) is 0 Å². The molecule has 0 saturated carbocycles. The summed E-state index contributed by atoms with van der Waals surface area (Å²) >= 11 is 0. The highest BCUT2D eigenvalue weighted by molar-refractivity contribution is 5.93. The smallest absolute Gasteiger partial charge is 0.251 e. The second-order valence-corrected chi connectivity index (χ2v) is 6.31. The van der Waals surface area contributed by atoms with Crippen molar-refractivity contribution >= 4 is 11.8 Å². The lowest BCUT2D eigenvalue weighted by Crippen LogP contribution is -2.48. The minimum atomic E-state index is -0.535. The third-order valence-electron chi connectivity index (χ3n) is 3.44. The van der Waals surface area contributed by atoms with Gasteiger partial charge in [0.25, 0.3) is 5.91 Å². The second kappa shape index (κ2) is 6.72. The number of likely N-dealkylation sites (N-methyl/N-ethyl adjacent to an activating group) is 1. The molecular formula is C16H25N3O2. The van der Waals surface area contributed by atoms with Crippen molar-refractivity contribution in [3.05, 3.63) is 35.4 Å². The molecule has 2 amide bonds. The quantitative estimate of drug-likeness (QED) is 0.880. The van der Waals surface area contributed by atoms with Crippen molar-refractivity contribution in [1.29, 1.82) is 0 Å². The summed E-state index contributed by atoms with van der Waals surface area (Å²) < 4.78 is 0. The molecule has 0 spiro atoms. The number of hydrogen-bond acceptors (Lipinski definition) is 3. The molecule has 0 aliphatic rings. The molecule has 0 aliphatic carbocycles. The Morgan fingerprint density at radius 3 is 2.19 bits per heavy atom. The van der Waals surface area contributed by atoms with Crippen LogP contribution in [0.5, 0.6) is 0 Å². The standard InChI is InChI=1S/C16H25N3O2/c1-16(2,3)13(17)15(21)19(5)10-11-6-8-12(9-7-11)14(20)18-4/h6-9,13H,10,17H2,1-5H3,(H,18,20)/t13-/m1/s1. The van der Waals surface area contributed by atoms with Gasteiger partial charge in [0.1, 0.15) is 0 Å². The minimum Gasteiger partial charge on any atom is -0.355 e. The fraction of sp³-hybridized carbons (Fsp3) is 0.500. The predicted octanol–water partition coefficient (Wildman–Crippen LogP) is 1.38. The van der Waals surface area contributed by atoms with E-state index in [4.69, 9.17) is 5.73 Å². The molecule has 0 saturated heterocycles. The lowest BCUT2D eigenvalue weighted by molar-refractivity contribution is -0.134. The first-order valence-electron chi connectivity index (χ1n) is 6.98. The number of carbonyl (C=O) groups is 2. The molecule has 0 fully saturated rings. The van der Waals surface area contributed by atoms with Crippen LogP contribution >= 0.6 is 0 Å². The van der Waals surface area contributed by atoms with E-state index >= 15 is 0 Å². The van der Waals surface area contributed by atoms with Gasteiger partial charge in [-0.25, -0.2) is 0 Å². The maximum Gasteiger partial charge on any atom is 0.251 e. The molecule has 116 valence electrons. The molecule has 0 unspecified atom stereocenters. The molecule has 1 atom stereocenters. The van der Waals surface area contributed by atoms with Gasteiger partial charge in [0, 0.05) is 26.2 Å². The van der Waals surface area contributed by atoms with E-state index in [2.05, 4.69) is 5.32 Å². The van der Waals surface area contributed by atoms with E-state index in [0.29, 0.717) is 12.1 Å². The summed E-state index contributed by atoms with van der Waals surface area (Å²) in [6.07, 6.45) is 0. The first-order valence-corrected chi connectivity index (χ1v) is 6.98. The van der Waals surface area contributed by atoms with Crippen molar-refractivity contribution < 1.29 is 9.59 Å². The van der Waals surface area contributed by atoms with Crippen molar-refractivity contribution in [2.45, 2.75) is 33.4 Å². The van der Waals surface area contributed by atoms with Crippen molar-refractivity contribution in [3.8, 4) is 0 Å². The highest BCUT2D eigenvalue weighted by Gasteiger charge is 2.29. The Labute approximate surface area is 126 Å². The van der Waals surface area contributed by atoms with Crippen LogP contribution in [-0.4, -0.2) is 36.9 Å². The summed E-state index contributed by atoms with van der Waals surface area (Å²) in [5.74, 6) is -0.210. The number of nitrogens with zero attached hydrogens (tertiary/aromatic N) is 1. The molecule has 5 nitrogen and oxygen atoms in total. The lowest BCUT2D eigenvalue weighted by Gasteiger charge is -2.30. The lowest BCUT2D eigenvalue weighted by atomic mass is 9.86. The van der Waals surface area contributed by atoms with Crippen LogP contribution in [-0.2, 0) is 11.3 Å². The van der Waals surface area contributed by atoms with Gasteiger partial charge in [-0.15, -0.1) is 0 Å². The Kier molecular flexibility index (Phi) is 5.49. The molecule has 5 heteroatoms. The van der Waals surface area contributed by atoms with Crippen LogP contribution in [0.3, 0.4) is 0 Å². The molecule has 1 aromatic carbocycles. The Hall–Kier alpha value is -1.88.